The van der Waals surface area contributed by atoms with Crippen LogP contribution in [-0.2, 0) is 11.3 Å². The molecule has 4 nitrogen and oxygen atoms in total. The second-order valence-electron chi connectivity index (χ2n) is 4.25. The number of hydrogen-bond acceptors (Lipinski definition) is 3. The average molecular weight is 223 g/mol. The SMILES string of the molecule is CCC(C(=O)O)N(Cc1ccco1)C1CC1. The summed E-state index contributed by atoms with van der Waals surface area (Å²) in [6.07, 6.45) is 4.46. The van der Waals surface area contributed by atoms with Crippen LogP contribution in [0.4, 0.5) is 0 Å². The molecule has 4 heteroatoms. The number of aliphatic carboxylic acids is 1. The zero-order chi connectivity index (χ0) is 11.5. The van der Waals surface area contributed by atoms with Crippen LogP contribution in [0.25, 0.3) is 0 Å². The van der Waals surface area contributed by atoms with E-state index in [0.717, 1.165) is 18.6 Å². The Morgan fingerprint density at radius 3 is 2.88 bits per heavy atom. The van der Waals surface area contributed by atoms with Crippen LogP contribution in [0.3, 0.4) is 0 Å². The zero-order valence-corrected chi connectivity index (χ0v) is 9.43. The second-order valence-corrected chi connectivity index (χ2v) is 4.25. The number of furan rings is 1. The van der Waals surface area contributed by atoms with E-state index in [1.807, 2.05) is 24.0 Å². The third-order valence-electron chi connectivity index (χ3n) is 3.01. The van der Waals surface area contributed by atoms with Crippen molar-refractivity contribution in [3.63, 3.8) is 0 Å². The lowest BCUT2D eigenvalue weighted by atomic mass is 10.2. The Morgan fingerprint density at radius 2 is 2.44 bits per heavy atom. The molecule has 0 radical (unpaired) electrons. The summed E-state index contributed by atoms with van der Waals surface area (Å²) in [6.45, 7) is 2.51. The molecule has 0 aromatic carbocycles. The highest BCUT2D eigenvalue weighted by atomic mass is 16.4. The van der Waals surface area contributed by atoms with Gasteiger partial charge in [-0.1, -0.05) is 6.92 Å². The first kappa shape index (κ1) is 11.2. The van der Waals surface area contributed by atoms with Gasteiger partial charge in [0.1, 0.15) is 11.8 Å². The van der Waals surface area contributed by atoms with Gasteiger partial charge in [0, 0.05) is 6.04 Å². The standard InChI is InChI=1S/C12H17NO3/c1-2-11(12(14)15)13(9-5-6-9)8-10-4-3-7-16-10/h3-4,7,9,11H,2,5-6,8H2,1H3,(H,14,15). The zero-order valence-electron chi connectivity index (χ0n) is 9.43. The van der Waals surface area contributed by atoms with Gasteiger partial charge in [-0.25, -0.2) is 0 Å². The van der Waals surface area contributed by atoms with Crippen molar-refractivity contribution < 1.29 is 14.3 Å². The minimum atomic E-state index is -0.735. The molecular weight excluding hydrogens is 206 g/mol. The van der Waals surface area contributed by atoms with Crippen LogP contribution >= 0.6 is 0 Å². The Bertz CT molecular complexity index is 343. The first-order valence-electron chi connectivity index (χ1n) is 5.73. The Hall–Kier alpha value is -1.29. The van der Waals surface area contributed by atoms with Gasteiger partial charge in [-0.05, 0) is 31.4 Å². The highest BCUT2D eigenvalue weighted by molar-refractivity contribution is 5.73. The van der Waals surface area contributed by atoms with E-state index in [9.17, 15) is 9.90 Å². The highest BCUT2D eigenvalue weighted by Crippen LogP contribution is 2.31. The number of nitrogens with zero attached hydrogens (tertiary/aromatic N) is 1. The fraction of sp³-hybridized carbons (Fsp3) is 0.583. The van der Waals surface area contributed by atoms with Crippen molar-refractivity contribution in [2.24, 2.45) is 0 Å². The number of rotatable bonds is 6. The van der Waals surface area contributed by atoms with E-state index in [4.69, 9.17) is 4.42 Å². The third-order valence-corrected chi connectivity index (χ3v) is 3.01. The van der Waals surface area contributed by atoms with E-state index in [1.165, 1.54) is 0 Å². The van der Waals surface area contributed by atoms with Crippen LogP contribution in [0.1, 0.15) is 31.9 Å². The summed E-state index contributed by atoms with van der Waals surface area (Å²) < 4.78 is 5.28. The van der Waals surface area contributed by atoms with Crippen molar-refractivity contribution in [3.05, 3.63) is 24.2 Å². The van der Waals surface area contributed by atoms with Crippen molar-refractivity contribution in [1.82, 2.24) is 4.90 Å². The van der Waals surface area contributed by atoms with Gasteiger partial charge in [0.2, 0.25) is 0 Å². The van der Waals surface area contributed by atoms with Crippen LogP contribution in [0.15, 0.2) is 22.8 Å². The molecule has 1 heterocycles. The molecule has 1 atom stereocenters. The first-order valence-corrected chi connectivity index (χ1v) is 5.73. The second kappa shape index (κ2) is 4.70. The van der Waals surface area contributed by atoms with E-state index in [-0.39, 0.29) is 0 Å². The Balaban J connectivity index is 2.07. The van der Waals surface area contributed by atoms with Crippen molar-refractivity contribution in [2.75, 3.05) is 0 Å². The largest absolute Gasteiger partial charge is 0.480 e. The maximum Gasteiger partial charge on any atom is 0.320 e. The van der Waals surface area contributed by atoms with E-state index in [2.05, 4.69) is 0 Å². The molecule has 1 N–H and O–H groups in total. The van der Waals surface area contributed by atoms with Gasteiger partial charge in [-0.3, -0.25) is 9.69 Å². The van der Waals surface area contributed by atoms with E-state index in [0.29, 0.717) is 19.0 Å². The van der Waals surface area contributed by atoms with E-state index < -0.39 is 12.0 Å². The maximum atomic E-state index is 11.2. The monoisotopic (exact) mass is 223 g/mol. The average Bonchev–Trinajstić information content (AvgIpc) is 2.96. The summed E-state index contributed by atoms with van der Waals surface area (Å²) >= 11 is 0. The molecule has 0 bridgehead atoms. The summed E-state index contributed by atoms with van der Waals surface area (Å²) in [5, 5.41) is 9.18. The smallest absolute Gasteiger partial charge is 0.320 e. The molecule has 2 rings (SSSR count). The van der Waals surface area contributed by atoms with E-state index in [1.54, 1.807) is 6.26 Å². The third kappa shape index (κ3) is 2.44. The maximum absolute atomic E-state index is 11.2. The number of carboxylic acids is 1. The van der Waals surface area contributed by atoms with Crippen molar-refractivity contribution in [2.45, 2.75) is 44.8 Å². The minimum Gasteiger partial charge on any atom is -0.480 e. The molecule has 88 valence electrons. The number of hydrogen-bond donors (Lipinski definition) is 1. The highest BCUT2D eigenvalue weighted by Gasteiger charge is 2.36. The molecule has 0 amide bonds. The topological polar surface area (TPSA) is 53.7 Å². The quantitative estimate of drug-likeness (QED) is 0.802. The van der Waals surface area contributed by atoms with Gasteiger partial charge in [0.25, 0.3) is 0 Å². The normalized spacial score (nSPS) is 17.6. The lowest BCUT2D eigenvalue weighted by Crippen LogP contribution is -2.41. The fourth-order valence-corrected chi connectivity index (χ4v) is 2.03. The van der Waals surface area contributed by atoms with E-state index >= 15 is 0 Å². The molecule has 0 spiro atoms. The van der Waals surface area contributed by atoms with Crippen LogP contribution < -0.4 is 0 Å². The summed E-state index contributed by atoms with van der Waals surface area (Å²) in [6, 6.07) is 3.76. The summed E-state index contributed by atoms with van der Waals surface area (Å²) in [4.78, 5) is 13.2. The number of carbonyl (C=O) groups is 1. The molecule has 1 aromatic rings. The lowest BCUT2D eigenvalue weighted by molar-refractivity contribution is -0.144. The lowest BCUT2D eigenvalue weighted by Gasteiger charge is -2.26. The molecule has 1 aliphatic rings. The van der Waals surface area contributed by atoms with Crippen LogP contribution in [0.5, 0.6) is 0 Å². The Morgan fingerprint density at radius 1 is 1.69 bits per heavy atom. The van der Waals surface area contributed by atoms with Crippen LogP contribution in [0, 0.1) is 0 Å². The van der Waals surface area contributed by atoms with Gasteiger partial charge in [-0.2, -0.15) is 0 Å². The molecule has 1 saturated carbocycles. The molecule has 1 fully saturated rings. The van der Waals surface area contributed by atoms with Gasteiger partial charge in [0.05, 0.1) is 12.8 Å². The van der Waals surface area contributed by atoms with Crippen LogP contribution in [-0.4, -0.2) is 28.1 Å². The molecule has 1 aliphatic carbocycles. The van der Waals surface area contributed by atoms with Gasteiger partial charge < -0.3 is 9.52 Å². The minimum absolute atomic E-state index is 0.391. The molecule has 16 heavy (non-hydrogen) atoms. The van der Waals surface area contributed by atoms with Crippen molar-refractivity contribution in [3.8, 4) is 0 Å². The molecule has 0 saturated heterocycles. The number of carboxylic acid groups (broad SMARTS) is 1. The summed E-state index contributed by atoms with van der Waals surface area (Å²) in [5.74, 6) is 0.104. The Kier molecular flexibility index (Phi) is 3.29. The fourth-order valence-electron chi connectivity index (χ4n) is 2.03. The summed E-state index contributed by atoms with van der Waals surface area (Å²) in [5.41, 5.74) is 0. The molecular formula is C12H17NO3. The van der Waals surface area contributed by atoms with Crippen LogP contribution in [0.2, 0.25) is 0 Å². The van der Waals surface area contributed by atoms with Crippen molar-refractivity contribution in [1.29, 1.82) is 0 Å². The van der Waals surface area contributed by atoms with Gasteiger partial charge in [-0.15, -0.1) is 0 Å². The molecule has 0 aliphatic heterocycles. The molecule has 1 unspecified atom stereocenters. The predicted molar refractivity (Wildman–Crippen MR) is 59.0 cm³/mol. The van der Waals surface area contributed by atoms with Crippen molar-refractivity contribution >= 4 is 5.97 Å². The summed E-state index contributed by atoms with van der Waals surface area (Å²) in [7, 11) is 0. The predicted octanol–water partition coefficient (Wildman–Crippen LogP) is 2.11. The Labute approximate surface area is 94.9 Å². The molecule has 1 aromatic heterocycles. The van der Waals surface area contributed by atoms with Gasteiger partial charge >= 0.3 is 5.97 Å². The van der Waals surface area contributed by atoms with Gasteiger partial charge in [0.15, 0.2) is 0 Å². The first-order chi connectivity index (χ1) is 7.72.